The van der Waals surface area contributed by atoms with E-state index in [-0.39, 0.29) is 37.8 Å². The van der Waals surface area contributed by atoms with Gasteiger partial charge in [0, 0.05) is 26.2 Å². The average Bonchev–Trinajstić information content (AvgIpc) is 2.38. The predicted molar refractivity (Wildman–Crippen MR) is 67.0 cm³/mol. The topological polar surface area (TPSA) is 62.5 Å². The third-order valence-corrected chi connectivity index (χ3v) is 3.07. The number of nitrogens with zero attached hydrogens (tertiary/aromatic N) is 3. The monoisotopic (exact) mass is 288 g/mol. The van der Waals surface area contributed by atoms with E-state index in [1.165, 1.54) is 22.1 Å². The Morgan fingerprint density at radius 3 is 2.40 bits per heavy atom. The molecular formula is C12H15F3N4O. The van der Waals surface area contributed by atoms with Crippen molar-refractivity contribution in [1.29, 1.82) is 0 Å². The normalized spacial score (nSPS) is 17.2. The number of hydrogen-bond acceptors (Lipinski definition) is 4. The molecular weight excluding hydrogens is 273 g/mol. The highest BCUT2D eigenvalue weighted by Crippen LogP contribution is 2.18. The van der Waals surface area contributed by atoms with E-state index in [1.54, 1.807) is 6.07 Å². The van der Waals surface area contributed by atoms with Crippen molar-refractivity contribution in [2.24, 2.45) is 0 Å². The lowest BCUT2D eigenvalue weighted by Crippen LogP contribution is -2.51. The summed E-state index contributed by atoms with van der Waals surface area (Å²) in [6.07, 6.45) is -2.82. The number of aromatic nitrogens is 1. The van der Waals surface area contributed by atoms with E-state index in [9.17, 15) is 18.0 Å². The molecule has 1 aliphatic rings. The van der Waals surface area contributed by atoms with Gasteiger partial charge in [0.1, 0.15) is 5.69 Å². The molecule has 0 aliphatic carbocycles. The summed E-state index contributed by atoms with van der Waals surface area (Å²) in [7, 11) is 0. The Kier molecular flexibility index (Phi) is 4.12. The van der Waals surface area contributed by atoms with Crippen molar-refractivity contribution in [1.82, 2.24) is 14.8 Å². The van der Waals surface area contributed by atoms with Crippen LogP contribution in [0.2, 0.25) is 0 Å². The second-order valence-corrected chi connectivity index (χ2v) is 4.66. The van der Waals surface area contributed by atoms with Crippen LogP contribution in [0.15, 0.2) is 18.3 Å². The third kappa shape index (κ3) is 3.83. The Hall–Kier alpha value is -1.83. The summed E-state index contributed by atoms with van der Waals surface area (Å²) in [4.78, 5) is 18.8. The second-order valence-electron chi connectivity index (χ2n) is 4.66. The molecule has 2 N–H and O–H groups in total. The molecule has 0 unspecified atom stereocenters. The van der Waals surface area contributed by atoms with Crippen LogP contribution in [0.5, 0.6) is 0 Å². The van der Waals surface area contributed by atoms with E-state index >= 15 is 0 Å². The minimum absolute atomic E-state index is 0.209. The van der Waals surface area contributed by atoms with Crippen LogP contribution in [0.1, 0.15) is 10.5 Å². The number of carbonyl (C=O) groups excluding carboxylic acids is 1. The number of anilines is 1. The largest absolute Gasteiger partial charge is 0.401 e. The van der Waals surface area contributed by atoms with Crippen LogP contribution in [0.3, 0.4) is 0 Å². The van der Waals surface area contributed by atoms with E-state index in [4.69, 9.17) is 5.73 Å². The van der Waals surface area contributed by atoms with Crippen molar-refractivity contribution in [3.63, 3.8) is 0 Å². The van der Waals surface area contributed by atoms with Gasteiger partial charge in [0.05, 0.1) is 18.4 Å². The molecule has 1 aliphatic heterocycles. The smallest absolute Gasteiger partial charge is 0.397 e. The second kappa shape index (κ2) is 5.66. The molecule has 0 radical (unpaired) electrons. The fraction of sp³-hybridized carbons (Fsp3) is 0.500. The average molecular weight is 288 g/mol. The molecule has 8 heteroatoms. The maximum atomic E-state index is 12.3. The Morgan fingerprint density at radius 2 is 1.90 bits per heavy atom. The van der Waals surface area contributed by atoms with Crippen LogP contribution < -0.4 is 5.73 Å². The number of carbonyl (C=O) groups is 1. The maximum absolute atomic E-state index is 12.3. The molecule has 0 aromatic carbocycles. The zero-order chi connectivity index (χ0) is 14.8. The van der Waals surface area contributed by atoms with E-state index in [2.05, 4.69) is 4.98 Å². The summed E-state index contributed by atoms with van der Waals surface area (Å²) in [5.41, 5.74) is 6.19. The molecule has 0 saturated carbocycles. The molecule has 110 valence electrons. The van der Waals surface area contributed by atoms with Gasteiger partial charge in [0.25, 0.3) is 5.91 Å². The zero-order valence-corrected chi connectivity index (χ0v) is 10.7. The number of nitrogens with two attached hydrogens (primary N) is 1. The zero-order valence-electron chi connectivity index (χ0n) is 10.7. The molecule has 0 spiro atoms. The lowest BCUT2D eigenvalue weighted by Gasteiger charge is -2.34. The van der Waals surface area contributed by atoms with Crippen molar-refractivity contribution in [3.05, 3.63) is 24.0 Å². The Bertz CT molecular complexity index is 467. The fourth-order valence-electron chi connectivity index (χ4n) is 2.06. The highest BCUT2D eigenvalue weighted by atomic mass is 19.4. The fourth-order valence-corrected chi connectivity index (χ4v) is 2.06. The van der Waals surface area contributed by atoms with Crippen molar-refractivity contribution >= 4 is 11.6 Å². The molecule has 2 heterocycles. The van der Waals surface area contributed by atoms with E-state index < -0.39 is 12.7 Å². The minimum Gasteiger partial charge on any atom is -0.397 e. The molecule has 5 nitrogen and oxygen atoms in total. The summed E-state index contributed by atoms with van der Waals surface area (Å²) in [6.45, 7) is 0.0114. The van der Waals surface area contributed by atoms with Gasteiger partial charge in [-0.15, -0.1) is 0 Å². The standard InChI is InChI=1S/C12H15F3N4O/c13-12(14,15)8-18-3-5-19(6-4-18)11(20)10-2-1-9(16)7-17-10/h1-2,7H,3-6,8,16H2. The van der Waals surface area contributed by atoms with Gasteiger partial charge in [-0.3, -0.25) is 9.69 Å². The summed E-state index contributed by atoms with van der Waals surface area (Å²) < 4.78 is 36.8. The van der Waals surface area contributed by atoms with Crippen molar-refractivity contribution in [3.8, 4) is 0 Å². The highest BCUT2D eigenvalue weighted by Gasteiger charge is 2.33. The maximum Gasteiger partial charge on any atom is 0.401 e. The molecule has 1 fully saturated rings. The highest BCUT2D eigenvalue weighted by molar-refractivity contribution is 5.92. The van der Waals surface area contributed by atoms with E-state index in [1.807, 2.05) is 0 Å². The number of halogens is 3. The van der Waals surface area contributed by atoms with E-state index in [0.29, 0.717) is 5.69 Å². The number of pyridine rings is 1. The Balaban J connectivity index is 1.90. The number of rotatable bonds is 2. The molecule has 1 aromatic heterocycles. The first kappa shape index (κ1) is 14.6. The van der Waals surface area contributed by atoms with Crippen molar-refractivity contribution < 1.29 is 18.0 Å². The SMILES string of the molecule is Nc1ccc(C(=O)N2CCN(CC(F)(F)F)CC2)nc1. The van der Waals surface area contributed by atoms with Gasteiger partial charge in [-0.05, 0) is 12.1 Å². The lowest BCUT2D eigenvalue weighted by molar-refractivity contribution is -0.148. The van der Waals surface area contributed by atoms with Gasteiger partial charge in [-0.1, -0.05) is 0 Å². The van der Waals surface area contributed by atoms with Crippen LogP contribution in [0.4, 0.5) is 18.9 Å². The van der Waals surface area contributed by atoms with E-state index in [0.717, 1.165) is 0 Å². The van der Waals surface area contributed by atoms with Gasteiger partial charge >= 0.3 is 6.18 Å². The summed E-state index contributed by atoms with van der Waals surface area (Å²) >= 11 is 0. The number of amides is 1. The minimum atomic E-state index is -4.20. The van der Waals surface area contributed by atoms with Crippen LogP contribution in [-0.4, -0.2) is 59.6 Å². The molecule has 1 aromatic rings. The van der Waals surface area contributed by atoms with Gasteiger partial charge in [0.15, 0.2) is 0 Å². The Morgan fingerprint density at radius 1 is 1.25 bits per heavy atom. The van der Waals surface area contributed by atoms with Crippen LogP contribution in [0, 0.1) is 0 Å². The molecule has 1 saturated heterocycles. The first-order chi connectivity index (χ1) is 9.35. The van der Waals surface area contributed by atoms with Crippen LogP contribution in [-0.2, 0) is 0 Å². The van der Waals surface area contributed by atoms with Gasteiger partial charge < -0.3 is 10.6 Å². The quantitative estimate of drug-likeness (QED) is 0.881. The van der Waals surface area contributed by atoms with Crippen LogP contribution in [0.25, 0.3) is 0 Å². The number of alkyl halides is 3. The number of nitrogen functional groups attached to an aromatic ring is 1. The first-order valence-electron chi connectivity index (χ1n) is 6.15. The molecule has 0 atom stereocenters. The first-order valence-corrected chi connectivity index (χ1v) is 6.15. The van der Waals surface area contributed by atoms with Crippen molar-refractivity contribution in [2.45, 2.75) is 6.18 Å². The predicted octanol–water partition coefficient (Wildman–Crippen LogP) is 0.984. The van der Waals surface area contributed by atoms with Gasteiger partial charge in [-0.2, -0.15) is 13.2 Å². The summed E-state index contributed by atoms with van der Waals surface area (Å²) in [5, 5.41) is 0. The molecule has 0 bridgehead atoms. The van der Waals surface area contributed by atoms with Crippen LogP contribution >= 0.6 is 0 Å². The molecule has 1 amide bonds. The van der Waals surface area contributed by atoms with Gasteiger partial charge in [-0.25, -0.2) is 4.98 Å². The lowest BCUT2D eigenvalue weighted by atomic mass is 10.2. The number of piperazine rings is 1. The summed E-state index contributed by atoms with van der Waals surface area (Å²) in [5.74, 6) is -0.281. The molecule has 2 rings (SSSR count). The number of hydrogen-bond donors (Lipinski definition) is 1. The van der Waals surface area contributed by atoms with Crippen molar-refractivity contribution in [2.75, 3.05) is 38.5 Å². The third-order valence-electron chi connectivity index (χ3n) is 3.07. The molecule has 20 heavy (non-hydrogen) atoms. The Labute approximate surface area is 114 Å². The van der Waals surface area contributed by atoms with Gasteiger partial charge in [0.2, 0.25) is 0 Å². The summed E-state index contributed by atoms with van der Waals surface area (Å²) in [6, 6.07) is 3.08.